The van der Waals surface area contributed by atoms with Crippen LogP contribution >= 0.6 is 11.6 Å². The maximum atomic E-state index is 6.14. The van der Waals surface area contributed by atoms with Gasteiger partial charge in [0.15, 0.2) is 11.5 Å². The van der Waals surface area contributed by atoms with E-state index in [1.807, 2.05) is 26.8 Å². The smallest absolute Gasteiger partial charge is 0.166 e. The molecule has 120 valence electrons. The molecule has 0 unspecified atom stereocenters. The molecule has 21 heavy (non-hydrogen) atoms. The molecule has 0 saturated heterocycles. The molecule has 0 heterocycles. The molecule has 4 nitrogen and oxygen atoms in total. The molecular formula is C16H26ClNO3. The minimum absolute atomic E-state index is 0.0804. The molecule has 0 aliphatic carbocycles. The third kappa shape index (κ3) is 6.55. The number of ether oxygens (including phenoxy) is 3. The van der Waals surface area contributed by atoms with Gasteiger partial charge in [-0.25, -0.2) is 0 Å². The van der Waals surface area contributed by atoms with Gasteiger partial charge in [0.2, 0.25) is 0 Å². The molecule has 0 atom stereocenters. The Bertz CT molecular complexity index is 424. The molecule has 1 aromatic carbocycles. The average molecular weight is 316 g/mol. The first-order chi connectivity index (χ1) is 10.1. The molecule has 0 aromatic heterocycles. The highest BCUT2D eigenvalue weighted by Crippen LogP contribution is 2.35. The summed E-state index contributed by atoms with van der Waals surface area (Å²) in [4.78, 5) is 0. The average Bonchev–Trinajstić information content (AvgIpc) is 2.44. The molecule has 5 heteroatoms. The van der Waals surface area contributed by atoms with Crippen LogP contribution < -0.4 is 14.8 Å². The fourth-order valence-corrected chi connectivity index (χ4v) is 2.17. The zero-order chi connectivity index (χ0) is 15.7. The minimum Gasteiger partial charge on any atom is -0.493 e. The van der Waals surface area contributed by atoms with Crippen molar-refractivity contribution in [2.45, 2.75) is 39.8 Å². The minimum atomic E-state index is 0.0804. The van der Waals surface area contributed by atoms with Crippen molar-refractivity contribution in [3.05, 3.63) is 22.7 Å². The molecule has 1 rings (SSSR count). The molecule has 0 bridgehead atoms. The largest absolute Gasteiger partial charge is 0.493 e. The quantitative estimate of drug-likeness (QED) is 0.669. The number of hydrogen-bond acceptors (Lipinski definition) is 4. The predicted molar refractivity (Wildman–Crippen MR) is 86.6 cm³/mol. The second-order valence-electron chi connectivity index (χ2n) is 4.99. The molecular weight excluding hydrogens is 290 g/mol. The molecule has 0 radical (unpaired) electrons. The summed E-state index contributed by atoms with van der Waals surface area (Å²) in [5.41, 5.74) is 1.00. The van der Waals surface area contributed by atoms with Crippen LogP contribution in [0.4, 0.5) is 0 Å². The van der Waals surface area contributed by atoms with Gasteiger partial charge in [-0.05, 0) is 39.8 Å². The van der Waals surface area contributed by atoms with E-state index in [1.54, 1.807) is 13.2 Å². The Morgan fingerprint density at radius 3 is 2.67 bits per heavy atom. The highest BCUT2D eigenvalue weighted by atomic mass is 35.5. The number of benzene rings is 1. The third-order valence-electron chi connectivity index (χ3n) is 2.83. The SMILES string of the molecule is CCOCCCNCc1cc(Cl)cc(OC)c1OC(C)C. The maximum absolute atomic E-state index is 6.14. The predicted octanol–water partition coefficient (Wildman–Crippen LogP) is 3.65. The van der Waals surface area contributed by atoms with Gasteiger partial charge in [0, 0.05) is 36.4 Å². The van der Waals surface area contributed by atoms with E-state index in [0.29, 0.717) is 17.3 Å². The molecule has 0 spiro atoms. The van der Waals surface area contributed by atoms with Gasteiger partial charge in [0.1, 0.15) is 0 Å². The van der Waals surface area contributed by atoms with Crippen molar-refractivity contribution < 1.29 is 14.2 Å². The third-order valence-corrected chi connectivity index (χ3v) is 3.05. The van der Waals surface area contributed by atoms with Crippen molar-refractivity contribution >= 4 is 11.6 Å². The Hall–Kier alpha value is -0.970. The lowest BCUT2D eigenvalue weighted by molar-refractivity contribution is 0.144. The van der Waals surface area contributed by atoms with E-state index in [-0.39, 0.29) is 6.10 Å². The van der Waals surface area contributed by atoms with E-state index in [2.05, 4.69) is 5.32 Å². The number of rotatable bonds is 10. The first-order valence-corrected chi connectivity index (χ1v) is 7.77. The summed E-state index contributed by atoms with van der Waals surface area (Å²) in [6.07, 6.45) is 1.06. The van der Waals surface area contributed by atoms with Crippen molar-refractivity contribution in [3.63, 3.8) is 0 Å². The molecule has 0 amide bonds. The topological polar surface area (TPSA) is 39.7 Å². The summed E-state index contributed by atoms with van der Waals surface area (Å²) in [6.45, 7) is 9.10. The molecule has 1 N–H and O–H groups in total. The van der Waals surface area contributed by atoms with Gasteiger partial charge < -0.3 is 19.5 Å². The lowest BCUT2D eigenvalue weighted by Gasteiger charge is -2.18. The number of nitrogens with one attached hydrogen (secondary N) is 1. The van der Waals surface area contributed by atoms with Crippen LogP contribution in [0.2, 0.25) is 5.02 Å². The summed E-state index contributed by atoms with van der Waals surface area (Å²) in [5, 5.41) is 4.03. The fourth-order valence-electron chi connectivity index (χ4n) is 1.94. The first kappa shape index (κ1) is 18.1. The van der Waals surface area contributed by atoms with Crippen LogP contribution in [0.15, 0.2) is 12.1 Å². The molecule has 1 aromatic rings. The number of halogens is 1. The number of hydrogen-bond donors (Lipinski definition) is 1. The van der Waals surface area contributed by atoms with Crippen LogP contribution in [0.25, 0.3) is 0 Å². The van der Waals surface area contributed by atoms with E-state index < -0.39 is 0 Å². The van der Waals surface area contributed by atoms with E-state index >= 15 is 0 Å². The Morgan fingerprint density at radius 1 is 1.29 bits per heavy atom. The van der Waals surface area contributed by atoms with E-state index in [0.717, 1.165) is 37.5 Å². The zero-order valence-electron chi connectivity index (χ0n) is 13.4. The monoisotopic (exact) mass is 315 g/mol. The fraction of sp³-hybridized carbons (Fsp3) is 0.625. The van der Waals surface area contributed by atoms with Gasteiger partial charge in [-0.2, -0.15) is 0 Å². The molecule has 0 aliphatic heterocycles. The Morgan fingerprint density at radius 2 is 2.05 bits per heavy atom. The summed E-state index contributed by atoms with van der Waals surface area (Å²) < 4.78 is 16.6. The van der Waals surface area contributed by atoms with Crippen molar-refractivity contribution in [2.75, 3.05) is 26.9 Å². The van der Waals surface area contributed by atoms with Gasteiger partial charge in [-0.15, -0.1) is 0 Å². The van der Waals surface area contributed by atoms with Gasteiger partial charge in [-0.1, -0.05) is 11.6 Å². The lowest BCUT2D eigenvalue weighted by Crippen LogP contribution is -2.18. The highest BCUT2D eigenvalue weighted by Gasteiger charge is 2.14. The van der Waals surface area contributed by atoms with Crippen LogP contribution in [0.1, 0.15) is 32.8 Å². The van der Waals surface area contributed by atoms with E-state index in [4.69, 9.17) is 25.8 Å². The summed E-state index contributed by atoms with van der Waals surface area (Å²) in [5.74, 6) is 1.43. The van der Waals surface area contributed by atoms with E-state index in [9.17, 15) is 0 Å². The van der Waals surface area contributed by atoms with Crippen LogP contribution in [0, 0.1) is 0 Å². The second-order valence-corrected chi connectivity index (χ2v) is 5.43. The Kier molecular flexibility index (Phi) is 8.50. The zero-order valence-corrected chi connectivity index (χ0v) is 14.1. The van der Waals surface area contributed by atoms with Crippen LogP contribution in [0.3, 0.4) is 0 Å². The van der Waals surface area contributed by atoms with Crippen molar-refractivity contribution in [2.24, 2.45) is 0 Å². The molecule has 0 fully saturated rings. The molecule has 0 aliphatic rings. The maximum Gasteiger partial charge on any atom is 0.166 e. The summed E-state index contributed by atoms with van der Waals surface area (Å²) in [6, 6.07) is 3.69. The lowest BCUT2D eigenvalue weighted by atomic mass is 10.1. The normalized spacial score (nSPS) is 11.0. The summed E-state index contributed by atoms with van der Waals surface area (Å²) >= 11 is 6.14. The highest BCUT2D eigenvalue weighted by molar-refractivity contribution is 6.30. The standard InChI is InChI=1S/C16H26ClNO3/c1-5-20-8-6-7-18-11-13-9-14(17)10-15(19-4)16(13)21-12(2)3/h9-10,12,18H,5-8,11H2,1-4H3. The van der Waals surface area contributed by atoms with Crippen molar-refractivity contribution in [3.8, 4) is 11.5 Å². The van der Waals surface area contributed by atoms with Crippen LogP contribution in [-0.4, -0.2) is 33.0 Å². The Balaban J connectivity index is 2.67. The summed E-state index contributed by atoms with van der Waals surface area (Å²) in [7, 11) is 1.62. The second kappa shape index (κ2) is 9.87. The van der Waals surface area contributed by atoms with Crippen molar-refractivity contribution in [1.29, 1.82) is 0 Å². The van der Waals surface area contributed by atoms with Crippen LogP contribution in [-0.2, 0) is 11.3 Å². The van der Waals surface area contributed by atoms with E-state index in [1.165, 1.54) is 0 Å². The first-order valence-electron chi connectivity index (χ1n) is 7.40. The number of methoxy groups -OCH3 is 1. The Labute approximate surface area is 132 Å². The van der Waals surface area contributed by atoms with Gasteiger partial charge in [0.05, 0.1) is 13.2 Å². The molecule has 0 saturated carbocycles. The van der Waals surface area contributed by atoms with Gasteiger partial charge in [0.25, 0.3) is 0 Å². The van der Waals surface area contributed by atoms with Gasteiger partial charge >= 0.3 is 0 Å². The van der Waals surface area contributed by atoms with Crippen LogP contribution in [0.5, 0.6) is 11.5 Å². The van der Waals surface area contributed by atoms with Crippen molar-refractivity contribution in [1.82, 2.24) is 5.32 Å². The van der Waals surface area contributed by atoms with Gasteiger partial charge in [-0.3, -0.25) is 0 Å².